The van der Waals surface area contributed by atoms with E-state index in [1.807, 2.05) is 0 Å². The fourth-order valence-electron chi connectivity index (χ4n) is 1.23. The lowest BCUT2D eigenvalue weighted by molar-refractivity contribution is 0.657. The van der Waals surface area contributed by atoms with Gasteiger partial charge in [-0.25, -0.2) is 0 Å². The van der Waals surface area contributed by atoms with Crippen molar-refractivity contribution in [1.29, 1.82) is 5.26 Å². The van der Waals surface area contributed by atoms with Crippen LogP contribution in [-0.4, -0.2) is 6.54 Å². The molecule has 1 aromatic rings. The lowest BCUT2D eigenvalue weighted by Crippen LogP contribution is -2.14. The molecule has 1 aromatic carbocycles. The van der Waals surface area contributed by atoms with E-state index in [0.717, 1.165) is 19.5 Å². The smallest absolute Gasteiger partial charge is 0.0622 e. The van der Waals surface area contributed by atoms with E-state index in [1.54, 1.807) is 0 Å². The molecule has 1 rings (SSSR count). The molecule has 0 unspecified atom stereocenters. The monoisotopic (exact) mass is 188 g/mol. The molecule has 14 heavy (non-hydrogen) atoms. The average Bonchev–Trinajstić information content (AvgIpc) is 2.21. The molecule has 0 saturated carbocycles. The highest BCUT2D eigenvalue weighted by Gasteiger charge is 1.91. The summed E-state index contributed by atoms with van der Waals surface area (Å²) in [6, 6.07) is 10.6. The van der Waals surface area contributed by atoms with Crippen molar-refractivity contribution >= 4 is 0 Å². The first kappa shape index (κ1) is 10.7. The molecule has 1 N–H and O–H groups in total. The summed E-state index contributed by atoms with van der Waals surface area (Å²) in [6.45, 7) is 3.90. The summed E-state index contributed by atoms with van der Waals surface area (Å²) in [6.07, 6.45) is 1.57. The Morgan fingerprint density at radius 2 is 2.00 bits per heavy atom. The van der Waals surface area contributed by atoms with Crippen molar-refractivity contribution in [2.24, 2.45) is 0 Å². The van der Waals surface area contributed by atoms with Crippen LogP contribution in [0.1, 0.15) is 24.0 Å². The Kier molecular flexibility index (Phi) is 4.74. The molecule has 0 atom stereocenters. The van der Waals surface area contributed by atoms with Crippen molar-refractivity contribution in [2.75, 3.05) is 6.54 Å². The van der Waals surface area contributed by atoms with Crippen molar-refractivity contribution in [3.63, 3.8) is 0 Å². The molecular weight excluding hydrogens is 172 g/mol. The zero-order valence-corrected chi connectivity index (χ0v) is 8.59. The molecule has 0 aliphatic heterocycles. The fourth-order valence-corrected chi connectivity index (χ4v) is 1.23. The molecule has 0 saturated heterocycles. The molecule has 0 radical (unpaired) electrons. The van der Waals surface area contributed by atoms with Gasteiger partial charge in [-0.05, 0) is 25.5 Å². The summed E-state index contributed by atoms with van der Waals surface area (Å²) in [5, 5.41) is 11.6. The molecular formula is C12H16N2. The number of hydrogen-bond donors (Lipinski definition) is 1. The number of rotatable bonds is 5. The third kappa shape index (κ3) is 4.06. The van der Waals surface area contributed by atoms with Gasteiger partial charge in [0.15, 0.2) is 0 Å². The van der Waals surface area contributed by atoms with Gasteiger partial charge in [-0.3, -0.25) is 0 Å². The van der Waals surface area contributed by atoms with Gasteiger partial charge in [0.25, 0.3) is 0 Å². The van der Waals surface area contributed by atoms with Crippen molar-refractivity contribution in [3.8, 4) is 6.07 Å². The van der Waals surface area contributed by atoms with Gasteiger partial charge in [0.1, 0.15) is 0 Å². The number of benzene rings is 1. The molecule has 0 heterocycles. The van der Waals surface area contributed by atoms with Crippen molar-refractivity contribution in [3.05, 3.63) is 35.4 Å². The van der Waals surface area contributed by atoms with Crippen LogP contribution in [0.3, 0.4) is 0 Å². The van der Waals surface area contributed by atoms with Gasteiger partial charge in [-0.15, -0.1) is 0 Å². The highest BCUT2D eigenvalue weighted by atomic mass is 14.8. The Morgan fingerprint density at radius 3 is 2.64 bits per heavy atom. The Hall–Kier alpha value is -1.33. The normalized spacial score (nSPS) is 9.71. The largest absolute Gasteiger partial charge is 0.313 e. The molecule has 2 nitrogen and oxygen atoms in total. The van der Waals surface area contributed by atoms with E-state index in [0.29, 0.717) is 6.42 Å². The van der Waals surface area contributed by atoms with Crippen LogP contribution in [0.2, 0.25) is 0 Å². The second kappa shape index (κ2) is 6.17. The van der Waals surface area contributed by atoms with E-state index in [1.165, 1.54) is 11.1 Å². The highest BCUT2D eigenvalue weighted by Crippen LogP contribution is 2.02. The van der Waals surface area contributed by atoms with Crippen LogP contribution in [0.5, 0.6) is 0 Å². The van der Waals surface area contributed by atoms with Crippen LogP contribution < -0.4 is 5.32 Å². The number of unbranched alkanes of at least 4 members (excludes halogenated alkanes) is 1. The quantitative estimate of drug-likeness (QED) is 0.720. The zero-order chi connectivity index (χ0) is 10.2. The van der Waals surface area contributed by atoms with Gasteiger partial charge in [0.2, 0.25) is 0 Å². The minimum absolute atomic E-state index is 0.640. The molecule has 74 valence electrons. The van der Waals surface area contributed by atoms with Crippen LogP contribution >= 0.6 is 0 Å². The van der Waals surface area contributed by atoms with Crippen molar-refractivity contribution in [2.45, 2.75) is 26.3 Å². The Morgan fingerprint density at radius 1 is 1.29 bits per heavy atom. The number of nitrogens with one attached hydrogen (secondary N) is 1. The first-order chi connectivity index (χ1) is 6.83. The molecule has 0 fully saturated rings. The van der Waals surface area contributed by atoms with Gasteiger partial charge in [-0.2, -0.15) is 5.26 Å². The molecule has 0 spiro atoms. The van der Waals surface area contributed by atoms with E-state index >= 15 is 0 Å². The average molecular weight is 188 g/mol. The first-order valence-corrected chi connectivity index (χ1v) is 4.96. The predicted molar refractivity (Wildman–Crippen MR) is 57.7 cm³/mol. The topological polar surface area (TPSA) is 35.8 Å². The molecule has 0 aliphatic rings. The number of hydrogen-bond acceptors (Lipinski definition) is 2. The van der Waals surface area contributed by atoms with E-state index in [2.05, 4.69) is 42.6 Å². The summed E-state index contributed by atoms with van der Waals surface area (Å²) in [5.41, 5.74) is 2.59. The fraction of sp³-hybridized carbons (Fsp3) is 0.417. The summed E-state index contributed by atoms with van der Waals surface area (Å²) < 4.78 is 0. The summed E-state index contributed by atoms with van der Waals surface area (Å²) in [5.74, 6) is 0. The van der Waals surface area contributed by atoms with Gasteiger partial charge in [-0.1, -0.05) is 29.8 Å². The van der Waals surface area contributed by atoms with Crippen LogP contribution in [0.4, 0.5) is 0 Å². The van der Waals surface area contributed by atoms with Crippen molar-refractivity contribution in [1.82, 2.24) is 5.32 Å². The highest BCUT2D eigenvalue weighted by molar-refractivity contribution is 5.20. The first-order valence-electron chi connectivity index (χ1n) is 4.96. The summed E-state index contributed by atoms with van der Waals surface area (Å²) >= 11 is 0. The Balaban J connectivity index is 2.19. The standard InChI is InChI=1S/C12H16N2/c1-11-4-6-12(7-5-11)10-14-9-3-2-8-13/h4-7,14H,2-3,9-10H2,1H3. The minimum Gasteiger partial charge on any atom is -0.313 e. The lowest BCUT2D eigenvalue weighted by Gasteiger charge is -2.03. The van der Waals surface area contributed by atoms with E-state index in [9.17, 15) is 0 Å². The molecule has 0 amide bonds. The van der Waals surface area contributed by atoms with Gasteiger partial charge < -0.3 is 5.32 Å². The maximum atomic E-state index is 8.34. The van der Waals surface area contributed by atoms with Crippen LogP contribution in [0, 0.1) is 18.3 Å². The van der Waals surface area contributed by atoms with Crippen LogP contribution in [0.25, 0.3) is 0 Å². The molecule has 2 heteroatoms. The summed E-state index contributed by atoms with van der Waals surface area (Å²) in [7, 11) is 0. The maximum Gasteiger partial charge on any atom is 0.0622 e. The van der Waals surface area contributed by atoms with E-state index in [4.69, 9.17) is 5.26 Å². The lowest BCUT2D eigenvalue weighted by atomic mass is 10.1. The van der Waals surface area contributed by atoms with Gasteiger partial charge in [0.05, 0.1) is 6.07 Å². The zero-order valence-electron chi connectivity index (χ0n) is 8.59. The number of aryl methyl sites for hydroxylation is 1. The second-order valence-electron chi connectivity index (χ2n) is 3.42. The second-order valence-corrected chi connectivity index (χ2v) is 3.42. The Bertz CT molecular complexity index is 295. The maximum absolute atomic E-state index is 8.34. The number of nitriles is 1. The predicted octanol–water partition coefficient (Wildman–Crippen LogP) is 2.39. The van der Waals surface area contributed by atoms with Gasteiger partial charge >= 0.3 is 0 Å². The number of nitrogens with zero attached hydrogens (tertiary/aromatic N) is 1. The summed E-state index contributed by atoms with van der Waals surface area (Å²) in [4.78, 5) is 0. The third-order valence-electron chi connectivity index (χ3n) is 2.09. The molecule has 0 aliphatic carbocycles. The van der Waals surface area contributed by atoms with Crippen LogP contribution in [0.15, 0.2) is 24.3 Å². The molecule has 0 aromatic heterocycles. The van der Waals surface area contributed by atoms with Gasteiger partial charge in [0, 0.05) is 13.0 Å². The van der Waals surface area contributed by atoms with Crippen molar-refractivity contribution < 1.29 is 0 Å². The third-order valence-corrected chi connectivity index (χ3v) is 2.09. The van der Waals surface area contributed by atoms with E-state index < -0.39 is 0 Å². The van der Waals surface area contributed by atoms with E-state index in [-0.39, 0.29) is 0 Å². The van der Waals surface area contributed by atoms with Crippen LogP contribution in [-0.2, 0) is 6.54 Å². The SMILES string of the molecule is Cc1ccc(CNCCCC#N)cc1. The molecule has 0 bridgehead atoms. The Labute approximate surface area is 85.6 Å². The minimum atomic E-state index is 0.640.